The van der Waals surface area contributed by atoms with Gasteiger partial charge in [0.2, 0.25) is 6.10 Å². The number of fused-ring (bicyclic) bond motifs is 1. The summed E-state index contributed by atoms with van der Waals surface area (Å²) in [6.07, 6.45) is 4.23. The number of benzene rings is 1. The van der Waals surface area contributed by atoms with E-state index in [9.17, 15) is 9.18 Å². The Hall–Kier alpha value is -1.95. The van der Waals surface area contributed by atoms with Gasteiger partial charge in [0.1, 0.15) is 5.82 Å². The molecule has 1 saturated carbocycles. The van der Waals surface area contributed by atoms with E-state index in [2.05, 4.69) is 5.16 Å². The van der Waals surface area contributed by atoms with Crippen molar-refractivity contribution in [3.8, 4) is 0 Å². The van der Waals surface area contributed by atoms with Crippen LogP contribution in [0.4, 0.5) is 4.39 Å². The molecule has 4 rings (SSSR count). The number of oxime groups is 1. The number of hydrogen-bond acceptors (Lipinski definition) is 4. The smallest absolute Gasteiger partial charge is 0.267 e. The molecule has 2 aliphatic heterocycles. The molecule has 3 aliphatic rings. The monoisotopic (exact) mass is 332 g/mol. The molecule has 0 radical (unpaired) electrons. The highest BCUT2D eigenvalue weighted by Crippen LogP contribution is 2.30. The average molecular weight is 332 g/mol. The van der Waals surface area contributed by atoms with Gasteiger partial charge in [0.05, 0.1) is 24.5 Å². The molecular formula is C18H21FN2O3. The molecule has 1 amide bonds. The Bertz CT molecular complexity index is 661. The fourth-order valence-electron chi connectivity index (χ4n) is 3.90. The molecule has 128 valence electrons. The standard InChI is InChI=1S/C18H21FN2O3/c19-13-5-3-4-12(10-13)14-11-17(24-20-14)18(22)21-8-9-23-16-7-2-1-6-15(16)21/h3-5,10,15-17H,1-2,6-9,11H2/t15-,16+,17-/m0/s1. The summed E-state index contributed by atoms with van der Waals surface area (Å²) in [5.74, 6) is -0.339. The van der Waals surface area contributed by atoms with Crippen molar-refractivity contribution in [1.82, 2.24) is 4.90 Å². The summed E-state index contributed by atoms with van der Waals surface area (Å²) >= 11 is 0. The first-order chi connectivity index (χ1) is 11.7. The molecule has 0 spiro atoms. The van der Waals surface area contributed by atoms with Crippen LogP contribution in [0.1, 0.15) is 37.7 Å². The quantitative estimate of drug-likeness (QED) is 0.836. The van der Waals surface area contributed by atoms with Crippen LogP contribution in [0, 0.1) is 5.82 Å². The van der Waals surface area contributed by atoms with Crippen LogP contribution in [0.25, 0.3) is 0 Å². The van der Waals surface area contributed by atoms with Crippen LogP contribution in [-0.4, -0.2) is 47.9 Å². The van der Waals surface area contributed by atoms with E-state index >= 15 is 0 Å². The highest BCUT2D eigenvalue weighted by atomic mass is 19.1. The maximum absolute atomic E-state index is 13.4. The van der Waals surface area contributed by atoms with E-state index in [1.54, 1.807) is 12.1 Å². The summed E-state index contributed by atoms with van der Waals surface area (Å²) in [6.45, 7) is 1.19. The van der Waals surface area contributed by atoms with Gasteiger partial charge >= 0.3 is 0 Å². The third-order valence-electron chi connectivity index (χ3n) is 5.12. The molecule has 0 bridgehead atoms. The van der Waals surface area contributed by atoms with Crippen LogP contribution in [-0.2, 0) is 14.4 Å². The second kappa shape index (κ2) is 6.51. The topological polar surface area (TPSA) is 51.1 Å². The van der Waals surface area contributed by atoms with Crippen molar-refractivity contribution >= 4 is 11.6 Å². The zero-order valence-corrected chi connectivity index (χ0v) is 13.5. The van der Waals surface area contributed by atoms with E-state index in [1.165, 1.54) is 12.1 Å². The van der Waals surface area contributed by atoms with Crippen molar-refractivity contribution in [1.29, 1.82) is 0 Å². The summed E-state index contributed by atoms with van der Waals surface area (Å²) in [5.41, 5.74) is 1.30. The highest BCUT2D eigenvalue weighted by molar-refractivity contribution is 6.04. The molecule has 6 heteroatoms. The van der Waals surface area contributed by atoms with Crippen molar-refractivity contribution in [3.05, 3.63) is 35.6 Å². The van der Waals surface area contributed by atoms with E-state index in [0.29, 0.717) is 30.8 Å². The molecular weight excluding hydrogens is 311 g/mol. The van der Waals surface area contributed by atoms with Crippen molar-refractivity contribution in [2.45, 2.75) is 50.4 Å². The number of amides is 1. The zero-order chi connectivity index (χ0) is 16.5. The number of carbonyl (C=O) groups is 1. The molecule has 3 atom stereocenters. The van der Waals surface area contributed by atoms with E-state index in [4.69, 9.17) is 9.57 Å². The summed E-state index contributed by atoms with van der Waals surface area (Å²) in [5, 5.41) is 4.02. The number of nitrogens with zero attached hydrogens (tertiary/aromatic N) is 2. The fourth-order valence-corrected chi connectivity index (χ4v) is 3.90. The van der Waals surface area contributed by atoms with Gasteiger partial charge in [-0.2, -0.15) is 0 Å². The maximum Gasteiger partial charge on any atom is 0.267 e. The molecule has 0 N–H and O–H groups in total. The molecule has 0 aromatic heterocycles. The molecule has 1 aliphatic carbocycles. The summed E-state index contributed by atoms with van der Waals surface area (Å²) in [6, 6.07) is 6.38. The van der Waals surface area contributed by atoms with Gasteiger partial charge in [0.15, 0.2) is 0 Å². The number of morpholine rings is 1. The van der Waals surface area contributed by atoms with E-state index in [0.717, 1.165) is 25.7 Å². The number of ether oxygens (including phenoxy) is 1. The third-order valence-corrected chi connectivity index (χ3v) is 5.12. The van der Waals surface area contributed by atoms with Crippen LogP contribution >= 0.6 is 0 Å². The average Bonchev–Trinajstić information content (AvgIpc) is 3.11. The van der Waals surface area contributed by atoms with E-state index in [1.807, 2.05) is 4.90 Å². The first-order valence-electron chi connectivity index (χ1n) is 8.63. The van der Waals surface area contributed by atoms with Crippen molar-refractivity contribution in [3.63, 3.8) is 0 Å². The fraction of sp³-hybridized carbons (Fsp3) is 0.556. The Labute approximate surface area is 140 Å². The predicted molar refractivity (Wildman–Crippen MR) is 86.1 cm³/mol. The number of halogens is 1. The van der Waals surface area contributed by atoms with Crippen LogP contribution in [0.15, 0.2) is 29.4 Å². The number of carbonyl (C=O) groups excluding carboxylic acids is 1. The Kier molecular flexibility index (Phi) is 4.22. The molecule has 1 aromatic carbocycles. The Balaban J connectivity index is 1.44. The van der Waals surface area contributed by atoms with Gasteiger partial charge in [-0.3, -0.25) is 4.79 Å². The van der Waals surface area contributed by atoms with Gasteiger partial charge in [0.25, 0.3) is 5.91 Å². The molecule has 0 unspecified atom stereocenters. The lowest BCUT2D eigenvalue weighted by Gasteiger charge is -2.44. The molecule has 1 saturated heterocycles. The summed E-state index contributed by atoms with van der Waals surface area (Å²) in [7, 11) is 0. The summed E-state index contributed by atoms with van der Waals surface area (Å²) < 4.78 is 19.2. The minimum Gasteiger partial charge on any atom is -0.382 e. The zero-order valence-electron chi connectivity index (χ0n) is 13.5. The lowest BCUT2D eigenvalue weighted by molar-refractivity contribution is -0.159. The molecule has 24 heavy (non-hydrogen) atoms. The van der Waals surface area contributed by atoms with Gasteiger partial charge in [-0.05, 0) is 25.0 Å². The van der Waals surface area contributed by atoms with Crippen molar-refractivity contribution < 1.29 is 18.8 Å². The SMILES string of the molecule is O=C([C@@H]1CC(c2cccc(F)c2)=NO1)N1CCO[C@@H]2CCCC[C@@H]21. The largest absolute Gasteiger partial charge is 0.382 e. The second-order valence-electron chi connectivity index (χ2n) is 6.64. The Morgan fingerprint density at radius 3 is 3.04 bits per heavy atom. The molecule has 5 nitrogen and oxygen atoms in total. The predicted octanol–water partition coefficient (Wildman–Crippen LogP) is 2.49. The van der Waals surface area contributed by atoms with Crippen molar-refractivity contribution in [2.75, 3.05) is 13.2 Å². The van der Waals surface area contributed by atoms with Gasteiger partial charge < -0.3 is 14.5 Å². The lowest BCUT2D eigenvalue weighted by atomic mass is 9.89. The molecule has 2 heterocycles. The van der Waals surface area contributed by atoms with Crippen molar-refractivity contribution in [2.24, 2.45) is 5.16 Å². The van der Waals surface area contributed by atoms with Gasteiger partial charge in [-0.15, -0.1) is 0 Å². The normalized spacial score (nSPS) is 29.6. The van der Waals surface area contributed by atoms with E-state index in [-0.39, 0.29) is 23.9 Å². The first kappa shape index (κ1) is 15.6. The van der Waals surface area contributed by atoms with Crippen LogP contribution < -0.4 is 0 Å². The number of rotatable bonds is 2. The van der Waals surface area contributed by atoms with Gasteiger partial charge in [-0.25, -0.2) is 4.39 Å². The molecule has 2 fully saturated rings. The van der Waals surface area contributed by atoms with Crippen LogP contribution in [0.5, 0.6) is 0 Å². The second-order valence-corrected chi connectivity index (χ2v) is 6.64. The minimum absolute atomic E-state index is 0.0228. The van der Waals surface area contributed by atoms with Gasteiger partial charge in [0, 0.05) is 18.5 Å². The lowest BCUT2D eigenvalue weighted by Crippen LogP contribution is -2.57. The maximum atomic E-state index is 13.4. The number of hydrogen-bond donors (Lipinski definition) is 0. The first-order valence-corrected chi connectivity index (χ1v) is 8.63. The Morgan fingerprint density at radius 1 is 1.29 bits per heavy atom. The summed E-state index contributed by atoms with van der Waals surface area (Å²) in [4.78, 5) is 20.2. The molecule has 1 aromatic rings. The van der Waals surface area contributed by atoms with E-state index < -0.39 is 6.10 Å². The van der Waals surface area contributed by atoms with Crippen LogP contribution in [0.3, 0.4) is 0 Å². The minimum atomic E-state index is -0.607. The third kappa shape index (κ3) is 2.90. The highest BCUT2D eigenvalue weighted by Gasteiger charge is 2.41. The van der Waals surface area contributed by atoms with Crippen LogP contribution in [0.2, 0.25) is 0 Å². The van der Waals surface area contributed by atoms with Gasteiger partial charge in [-0.1, -0.05) is 30.1 Å². The Morgan fingerprint density at radius 2 is 2.17 bits per heavy atom.